The van der Waals surface area contributed by atoms with Gasteiger partial charge in [-0.2, -0.15) is 0 Å². The van der Waals surface area contributed by atoms with Gasteiger partial charge in [-0.3, -0.25) is 4.79 Å². The van der Waals surface area contributed by atoms with Gasteiger partial charge in [-0.25, -0.2) is 4.39 Å². The number of hydrogen-bond acceptors (Lipinski definition) is 2. The van der Waals surface area contributed by atoms with Crippen LogP contribution in [-0.4, -0.2) is 17.6 Å². The number of phenols is 1. The van der Waals surface area contributed by atoms with Crippen molar-refractivity contribution in [2.45, 2.75) is 46.0 Å². The zero-order chi connectivity index (χ0) is 15.0. The first-order valence-electron chi connectivity index (χ1n) is 7.27. The highest BCUT2D eigenvalue weighted by atomic mass is 19.1. The SMILES string of the molecule is CC(C)CCCCCCNC(=O)c1cc(F)ccc1O. The molecule has 0 aromatic heterocycles. The third-order valence-corrected chi connectivity index (χ3v) is 3.20. The summed E-state index contributed by atoms with van der Waals surface area (Å²) < 4.78 is 13.0. The number of rotatable bonds is 8. The molecule has 4 heteroatoms. The van der Waals surface area contributed by atoms with Gasteiger partial charge in [0.15, 0.2) is 0 Å². The Labute approximate surface area is 120 Å². The zero-order valence-electron chi connectivity index (χ0n) is 12.3. The Kier molecular flexibility index (Phi) is 7.05. The summed E-state index contributed by atoms with van der Waals surface area (Å²) in [5.74, 6) is -0.405. The van der Waals surface area contributed by atoms with Crippen LogP contribution in [0.2, 0.25) is 0 Å². The molecule has 0 aliphatic rings. The Morgan fingerprint density at radius 3 is 2.65 bits per heavy atom. The van der Waals surface area contributed by atoms with E-state index in [1.807, 2.05) is 0 Å². The van der Waals surface area contributed by atoms with Gasteiger partial charge in [0.25, 0.3) is 5.91 Å². The highest BCUT2D eigenvalue weighted by Crippen LogP contribution is 2.17. The molecule has 0 unspecified atom stereocenters. The van der Waals surface area contributed by atoms with E-state index in [1.165, 1.54) is 25.3 Å². The molecular formula is C16H24FNO2. The van der Waals surface area contributed by atoms with Crippen molar-refractivity contribution < 1.29 is 14.3 Å². The Hall–Kier alpha value is -1.58. The number of carbonyl (C=O) groups is 1. The molecule has 1 aromatic rings. The van der Waals surface area contributed by atoms with E-state index in [9.17, 15) is 14.3 Å². The van der Waals surface area contributed by atoms with Crippen molar-refractivity contribution in [3.05, 3.63) is 29.6 Å². The average Bonchev–Trinajstić information content (AvgIpc) is 2.39. The van der Waals surface area contributed by atoms with E-state index in [-0.39, 0.29) is 11.3 Å². The van der Waals surface area contributed by atoms with Crippen molar-refractivity contribution in [1.29, 1.82) is 0 Å². The van der Waals surface area contributed by atoms with E-state index >= 15 is 0 Å². The third-order valence-electron chi connectivity index (χ3n) is 3.20. The molecule has 1 amide bonds. The summed E-state index contributed by atoms with van der Waals surface area (Å²) in [7, 11) is 0. The number of benzene rings is 1. The minimum atomic E-state index is -0.526. The highest BCUT2D eigenvalue weighted by Gasteiger charge is 2.11. The van der Waals surface area contributed by atoms with E-state index in [0.29, 0.717) is 6.54 Å². The van der Waals surface area contributed by atoms with E-state index in [1.54, 1.807) is 0 Å². The van der Waals surface area contributed by atoms with Crippen LogP contribution in [0.5, 0.6) is 5.75 Å². The fraction of sp³-hybridized carbons (Fsp3) is 0.562. The second-order valence-corrected chi connectivity index (χ2v) is 5.51. The molecule has 2 N–H and O–H groups in total. The van der Waals surface area contributed by atoms with Gasteiger partial charge in [-0.05, 0) is 30.5 Å². The maximum absolute atomic E-state index is 13.0. The Bertz CT molecular complexity index is 432. The molecule has 0 saturated carbocycles. The van der Waals surface area contributed by atoms with Crippen LogP contribution in [0.15, 0.2) is 18.2 Å². The third kappa shape index (κ3) is 6.04. The molecule has 0 aliphatic carbocycles. The molecule has 0 bridgehead atoms. The largest absolute Gasteiger partial charge is 0.507 e. The summed E-state index contributed by atoms with van der Waals surface area (Å²) in [4.78, 5) is 11.8. The highest BCUT2D eigenvalue weighted by molar-refractivity contribution is 5.96. The molecule has 3 nitrogen and oxygen atoms in total. The van der Waals surface area contributed by atoms with E-state index in [0.717, 1.165) is 30.9 Å². The summed E-state index contributed by atoms with van der Waals surface area (Å²) in [6, 6.07) is 3.37. The average molecular weight is 281 g/mol. The van der Waals surface area contributed by atoms with Crippen molar-refractivity contribution in [2.24, 2.45) is 5.92 Å². The predicted octanol–water partition coefficient (Wildman–Crippen LogP) is 3.87. The standard InChI is InChI=1S/C16H24FNO2/c1-12(2)7-5-3-4-6-10-18-16(20)14-11-13(17)8-9-15(14)19/h8-9,11-12,19H,3-7,10H2,1-2H3,(H,18,20). The normalized spacial score (nSPS) is 10.8. The van der Waals surface area contributed by atoms with Crippen molar-refractivity contribution in [2.75, 3.05) is 6.54 Å². The van der Waals surface area contributed by atoms with Crippen LogP contribution in [0.3, 0.4) is 0 Å². The van der Waals surface area contributed by atoms with E-state index < -0.39 is 11.7 Å². The molecule has 0 fully saturated rings. The van der Waals surface area contributed by atoms with Crippen LogP contribution >= 0.6 is 0 Å². The van der Waals surface area contributed by atoms with Crippen LogP contribution in [0.4, 0.5) is 4.39 Å². The molecule has 0 spiro atoms. The van der Waals surface area contributed by atoms with Crippen LogP contribution in [0, 0.1) is 11.7 Å². The molecule has 0 atom stereocenters. The second-order valence-electron chi connectivity index (χ2n) is 5.51. The topological polar surface area (TPSA) is 49.3 Å². The van der Waals surface area contributed by atoms with E-state index in [2.05, 4.69) is 19.2 Å². The van der Waals surface area contributed by atoms with Crippen LogP contribution in [0.25, 0.3) is 0 Å². The van der Waals surface area contributed by atoms with Gasteiger partial charge in [-0.15, -0.1) is 0 Å². The first-order valence-corrected chi connectivity index (χ1v) is 7.27. The number of carbonyl (C=O) groups excluding carboxylic acids is 1. The van der Waals surface area contributed by atoms with Gasteiger partial charge < -0.3 is 10.4 Å². The van der Waals surface area contributed by atoms with Gasteiger partial charge in [0.2, 0.25) is 0 Å². The summed E-state index contributed by atoms with van der Waals surface area (Å²) in [6.07, 6.45) is 5.60. The molecule has 112 valence electrons. The van der Waals surface area contributed by atoms with E-state index in [4.69, 9.17) is 0 Å². The summed E-state index contributed by atoms with van der Waals surface area (Å²) in [5.41, 5.74) is -0.00944. The molecule has 0 saturated heterocycles. The lowest BCUT2D eigenvalue weighted by atomic mass is 10.0. The number of aromatic hydroxyl groups is 1. The second kappa shape index (κ2) is 8.56. The number of phenolic OH excluding ortho intramolecular Hbond substituents is 1. The molecule has 1 aromatic carbocycles. The molecule has 20 heavy (non-hydrogen) atoms. The molecule has 0 radical (unpaired) electrons. The van der Waals surface area contributed by atoms with Crippen LogP contribution in [0.1, 0.15) is 56.3 Å². The smallest absolute Gasteiger partial charge is 0.255 e. The Morgan fingerprint density at radius 2 is 1.95 bits per heavy atom. The van der Waals surface area contributed by atoms with Crippen molar-refractivity contribution in [3.63, 3.8) is 0 Å². The Balaban J connectivity index is 2.22. The number of amides is 1. The first kappa shape index (κ1) is 16.5. The maximum atomic E-state index is 13.0. The number of hydrogen-bond donors (Lipinski definition) is 2. The maximum Gasteiger partial charge on any atom is 0.255 e. The predicted molar refractivity (Wildman–Crippen MR) is 78.3 cm³/mol. The van der Waals surface area contributed by atoms with Crippen LogP contribution in [-0.2, 0) is 0 Å². The van der Waals surface area contributed by atoms with Crippen molar-refractivity contribution in [1.82, 2.24) is 5.32 Å². The fourth-order valence-corrected chi connectivity index (χ4v) is 2.02. The number of halogens is 1. The molecule has 1 rings (SSSR count). The molecule has 0 heterocycles. The van der Waals surface area contributed by atoms with Crippen molar-refractivity contribution in [3.8, 4) is 5.75 Å². The monoisotopic (exact) mass is 281 g/mol. The lowest BCUT2D eigenvalue weighted by Crippen LogP contribution is -2.24. The summed E-state index contributed by atoms with van der Waals surface area (Å²) in [6.45, 7) is 4.98. The molecule has 0 aliphatic heterocycles. The van der Waals surface area contributed by atoms with Gasteiger partial charge >= 0.3 is 0 Å². The minimum Gasteiger partial charge on any atom is -0.507 e. The van der Waals surface area contributed by atoms with Gasteiger partial charge in [0.1, 0.15) is 11.6 Å². The Morgan fingerprint density at radius 1 is 1.25 bits per heavy atom. The number of nitrogens with one attached hydrogen (secondary N) is 1. The van der Waals surface area contributed by atoms with Gasteiger partial charge in [-0.1, -0.05) is 39.5 Å². The van der Waals surface area contributed by atoms with Gasteiger partial charge in [0, 0.05) is 6.54 Å². The quantitative estimate of drug-likeness (QED) is 0.711. The minimum absolute atomic E-state index is 0.00944. The van der Waals surface area contributed by atoms with Crippen molar-refractivity contribution >= 4 is 5.91 Å². The lowest BCUT2D eigenvalue weighted by Gasteiger charge is -2.07. The molecular weight excluding hydrogens is 257 g/mol. The zero-order valence-corrected chi connectivity index (χ0v) is 12.3. The van der Waals surface area contributed by atoms with Crippen LogP contribution < -0.4 is 5.32 Å². The lowest BCUT2D eigenvalue weighted by molar-refractivity contribution is 0.0950. The number of unbranched alkanes of at least 4 members (excludes halogenated alkanes) is 3. The first-order chi connectivity index (χ1) is 9.50. The van der Waals surface area contributed by atoms with Gasteiger partial charge in [0.05, 0.1) is 5.56 Å². The summed E-state index contributed by atoms with van der Waals surface area (Å²) in [5, 5.41) is 12.2. The summed E-state index contributed by atoms with van der Waals surface area (Å²) >= 11 is 0. The fourth-order valence-electron chi connectivity index (χ4n) is 2.02.